The predicted octanol–water partition coefficient (Wildman–Crippen LogP) is 3.69. The number of carbonyl (C=O) groups excluding carboxylic acids is 2. The number of benzene rings is 2. The van der Waals surface area contributed by atoms with Crippen molar-refractivity contribution in [3.8, 4) is 0 Å². The van der Waals surface area contributed by atoms with E-state index >= 15 is 0 Å². The average Bonchev–Trinajstić information content (AvgIpc) is 2.76. The van der Waals surface area contributed by atoms with Crippen molar-refractivity contribution < 1.29 is 14.0 Å². The lowest BCUT2D eigenvalue weighted by molar-refractivity contribution is -0.131. The molecular weight excluding hydrogens is 355 g/mol. The SMILES string of the molecule is NC(=O)C1CCCCN(c2cccc(Cc3cc(F)cc(Cl)c3)c2)C1=O. The van der Waals surface area contributed by atoms with Gasteiger partial charge in [-0.05, 0) is 60.7 Å². The number of primary amides is 1. The highest BCUT2D eigenvalue weighted by Gasteiger charge is 2.31. The molecule has 0 aromatic heterocycles. The van der Waals surface area contributed by atoms with Gasteiger partial charge in [0.25, 0.3) is 0 Å². The molecule has 26 heavy (non-hydrogen) atoms. The third-order valence-electron chi connectivity index (χ3n) is 4.58. The van der Waals surface area contributed by atoms with E-state index in [-0.39, 0.29) is 11.7 Å². The molecule has 136 valence electrons. The zero-order valence-electron chi connectivity index (χ0n) is 14.3. The standard InChI is InChI=1S/C20H20ClFN2O2/c21-15-9-14(10-16(22)12-15)8-13-4-3-5-17(11-13)24-7-2-1-6-18(19(23)25)20(24)26/h3-5,9-12,18H,1-2,6-8H2,(H2,23,25). The molecule has 1 aliphatic heterocycles. The lowest BCUT2D eigenvalue weighted by atomic mass is 10.0. The Hall–Kier alpha value is -2.40. The lowest BCUT2D eigenvalue weighted by Gasteiger charge is -2.23. The Kier molecular flexibility index (Phi) is 5.57. The summed E-state index contributed by atoms with van der Waals surface area (Å²) in [5.41, 5.74) is 7.80. The highest BCUT2D eigenvalue weighted by molar-refractivity contribution is 6.30. The van der Waals surface area contributed by atoms with Crippen molar-refractivity contribution in [2.75, 3.05) is 11.4 Å². The third kappa shape index (κ3) is 4.22. The van der Waals surface area contributed by atoms with Gasteiger partial charge < -0.3 is 10.6 Å². The maximum absolute atomic E-state index is 13.5. The number of nitrogens with zero attached hydrogens (tertiary/aromatic N) is 1. The Bertz CT molecular complexity index is 820. The van der Waals surface area contributed by atoms with E-state index in [1.165, 1.54) is 12.1 Å². The molecule has 2 aromatic carbocycles. The smallest absolute Gasteiger partial charge is 0.239 e. The number of anilines is 1. The van der Waals surface area contributed by atoms with Crippen molar-refractivity contribution in [2.45, 2.75) is 25.7 Å². The van der Waals surface area contributed by atoms with Gasteiger partial charge in [-0.3, -0.25) is 9.59 Å². The summed E-state index contributed by atoms with van der Waals surface area (Å²) >= 11 is 5.92. The molecule has 1 saturated heterocycles. The van der Waals surface area contributed by atoms with E-state index in [2.05, 4.69) is 0 Å². The zero-order valence-corrected chi connectivity index (χ0v) is 15.0. The van der Waals surface area contributed by atoms with Gasteiger partial charge in [-0.15, -0.1) is 0 Å². The summed E-state index contributed by atoms with van der Waals surface area (Å²) in [5.74, 6) is -1.98. The zero-order chi connectivity index (χ0) is 18.7. The van der Waals surface area contributed by atoms with E-state index in [1.54, 1.807) is 11.0 Å². The number of hydrogen-bond donors (Lipinski definition) is 1. The highest BCUT2D eigenvalue weighted by Crippen LogP contribution is 2.26. The van der Waals surface area contributed by atoms with Crippen LogP contribution >= 0.6 is 11.6 Å². The Morgan fingerprint density at radius 2 is 2.00 bits per heavy atom. The number of rotatable bonds is 4. The molecule has 1 atom stereocenters. The molecular formula is C20H20ClFN2O2. The molecule has 1 aliphatic rings. The van der Waals surface area contributed by atoms with Gasteiger partial charge in [0.05, 0.1) is 0 Å². The van der Waals surface area contributed by atoms with Gasteiger partial charge in [-0.25, -0.2) is 4.39 Å². The molecule has 0 spiro atoms. The fraction of sp³-hybridized carbons (Fsp3) is 0.300. The molecule has 0 radical (unpaired) electrons. The number of carbonyl (C=O) groups is 2. The maximum atomic E-state index is 13.5. The molecule has 0 saturated carbocycles. The Balaban J connectivity index is 1.86. The van der Waals surface area contributed by atoms with Crippen molar-refractivity contribution in [1.29, 1.82) is 0 Å². The van der Waals surface area contributed by atoms with Gasteiger partial charge in [0.2, 0.25) is 11.8 Å². The Morgan fingerprint density at radius 1 is 1.19 bits per heavy atom. The van der Waals surface area contributed by atoms with E-state index in [0.29, 0.717) is 24.4 Å². The second-order valence-electron chi connectivity index (χ2n) is 6.56. The van der Waals surface area contributed by atoms with Crippen molar-refractivity contribution in [3.05, 3.63) is 64.4 Å². The molecule has 1 fully saturated rings. The molecule has 0 bridgehead atoms. The van der Waals surface area contributed by atoms with Crippen molar-refractivity contribution in [2.24, 2.45) is 11.7 Å². The molecule has 1 unspecified atom stereocenters. The fourth-order valence-electron chi connectivity index (χ4n) is 3.34. The number of amides is 2. The quantitative estimate of drug-likeness (QED) is 0.829. The van der Waals surface area contributed by atoms with Crippen LogP contribution in [0.3, 0.4) is 0 Å². The van der Waals surface area contributed by atoms with Gasteiger partial charge in [0, 0.05) is 17.3 Å². The summed E-state index contributed by atoms with van der Waals surface area (Å²) in [6, 6.07) is 11.9. The maximum Gasteiger partial charge on any atom is 0.239 e. The van der Waals surface area contributed by atoms with Gasteiger partial charge in [-0.2, -0.15) is 0 Å². The normalized spacial score (nSPS) is 17.8. The van der Waals surface area contributed by atoms with Crippen LogP contribution in [0.2, 0.25) is 5.02 Å². The summed E-state index contributed by atoms with van der Waals surface area (Å²) in [5, 5.41) is 0.350. The van der Waals surface area contributed by atoms with Gasteiger partial charge in [0.15, 0.2) is 0 Å². The average molecular weight is 375 g/mol. The summed E-state index contributed by atoms with van der Waals surface area (Å²) < 4.78 is 13.5. The minimum Gasteiger partial charge on any atom is -0.369 e. The largest absolute Gasteiger partial charge is 0.369 e. The number of hydrogen-bond acceptors (Lipinski definition) is 2. The van der Waals surface area contributed by atoms with Gasteiger partial charge in [-0.1, -0.05) is 30.2 Å². The van der Waals surface area contributed by atoms with Crippen LogP contribution in [0, 0.1) is 11.7 Å². The van der Waals surface area contributed by atoms with Crippen molar-refractivity contribution >= 4 is 29.1 Å². The molecule has 2 N–H and O–H groups in total. The molecule has 6 heteroatoms. The van der Waals surface area contributed by atoms with E-state index < -0.39 is 11.8 Å². The van der Waals surface area contributed by atoms with Crippen LogP contribution in [-0.4, -0.2) is 18.4 Å². The van der Waals surface area contributed by atoms with Gasteiger partial charge in [0.1, 0.15) is 11.7 Å². The summed E-state index contributed by atoms with van der Waals surface area (Å²) in [7, 11) is 0. The molecule has 3 rings (SSSR count). The van der Waals surface area contributed by atoms with Crippen LogP contribution in [0.25, 0.3) is 0 Å². The van der Waals surface area contributed by atoms with E-state index in [1.807, 2.05) is 24.3 Å². The Morgan fingerprint density at radius 3 is 2.73 bits per heavy atom. The number of nitrogens with two attached hydrogens (primary N) is 1. The van der Waals surface area contributed by atoms with E-state index in [4.69, 9.17) is 17.3 Å². The van der Waals surface area contributed by atoms with Crippen LogP contribution in [-0.2, 0) is 16.0 Å². The first-order chi connectivity index (χ1) is 12.4. The molecule has 1 heterocycles. The fourth-order valence-corrected chi connectivity index (χ4v) is 3.59. The van der Waals surface area contributed by atoms with Crippen LogP contribution in [0.1, 0.15) is 30.4 Å². The first-order valence-electron chi connectivity index (χ1n) is 8.58. The highest BCUT2D eigenvalue weighted by atomic mass is 35.5. The first kappa shape index (κ1) is 18.4. The monoisotopic (exact) mass is 374 g/mol. The van der Waals surface area contributed by atoms with Crippen LogP contribution < -0.4 is 10.6 Å². The number of halogens is 2. The van der Waals surface area contributed by atoms with E-state index in [0.717, 1.165) is 29.7 Å². The molecule has 4 nitrogen and oxygen atoms in total. The predicted molar refractivity (Wildman–Crippen MR) is 99.5 cm³/mol. The van der Waals surface area contributed by atoms with Gasteiger partial charge >= 0.3 is 0 Å². The summed E-state index contributed by atoms with van der Waals surface area (Å²) in [6.07, 6.45) is 2.59. The van der Waals surface area contributed by atoms with E-state index in [9.17, 15) is 14.0 Å². The third-order valence-corrected chi connectivity index (χ3v) is 4.80. The molecule has 0 aliphatic carbocycles. The van der Waals surface area contributed by atoms with Crippen molar-refractivity contribution in [3.63, 3.8) is 0 Å². The van der Waals surface area contributed by atoms with Crippen LogP contribution in [0.15, 0.2) is 42.5 Å². The summed E-state index contributed by atoms with van der Waals surface area (Å²) in [6.45, 7) is 0.553. The second kappa shape index (κ2) is 7.87. The lowest BCUT2D eigenvalue weighted by Crippen LogP contribution is -2.40. The topological polar surface area (TPSA) is 63.4 Å². The Labute approximate surface area is 156 Å². The van der Waals surface area contributed by atoms with Crippen LogP contribution in [0.5, 0.6) is 0 Å². The second-order valence-corrected chi connectivity index (χ2v) is 7.00. The summed E-state index contributed by atoms with van der Waals surface area (Å²) in [4.78, 5) is 25.9. The minimum absolute atomic E-state index is 0.249. The molecule has 2 aromatic rings. The minimum atomic E-state index is -0.775. The molecule has 2 amide bonds. The van der Waals surface area contributed by atoms with Crippen LogP contribution in [0.4, 0.5) is 10.1 Å². The van der Waals surface area contributed by atoms with Crippen molar-refractivity contribution in [1.82, 2.24) is 0 Å². The first-order valence-corrected chi connectivity index (χ1v) is 8.96.